The first-order chi connectivity index (χ1) is 7.69. The first kappa shape index (κ1) is 14.3. The molecule has 1 aromatic heterocycles. The van der Waals surface area contributed by atoms with E-state index in [0.717, 1.165) is 25.7 Å². The Bertz CT molecular complexity index is 303. The van der Waals surface area contributed by atoms with E-state index in [1.807, 2.05) is 11.3 Å². The third-order valence-electron chi connectivity index (χ3n) is 2.96. The zero-order valence-corrected chi connectivity index (χ0v) is 12.4. The van der Waals surface area contributed by atoms with Crippen molar-refractivity contribution >= 4 is 34.5 Å². The summed E-state index contributed by atoms with van der Waals surface area (Å²) in [5.41, 5.74) is 0.0910. The number of hydrogen-bond acceptors (Lipinski definition) is 1. The van der Waals surface area contributed by atoms with E-state index in [0.29, 0.717) is 11.8 Å². The Morgan fingerprint density at radius 2 is 1.75 bits per heavy atom. The van der Waals surface area contributed by atoms with Crippen molar-refractivity contribution in [2.24, 2.45) is 5.41 Å². The Balaban J connectivity index is 2.74. The molecule has 0 bridgehead atoms. The lowest BCUT2D eigenvalue weighted by Crippen LogP contribution is -2.27. The molecule has 0 nitrogen and oxygen atoms in total. The van der Waals surface area contributed by atoms with Crippen LogP contribution in [0.4, 0.5) is 0 Å². The van der Waals surface area contributed by atoms with Gasteiger partial charge in [0, 0.05) is 26.9 Å². The number of aryl methyl sites for hydroxylation is 1. The molecule has 3 heteroatoms. The summed E-state index contributed by atoms with van der Waals surface area (Å²) in [6, 6.07) is 4.45. The summed E-state index contributed by atoms with van der Waals surface area (Å²) in [4.78, 5) is 2.87. The van der Waals surface area contributed by atoms with Gasteiger partial charge in [0.15, 0.2) is 0 Å². The standard InChI is InChI=1S/C13H20Cl2S/c1-3-7-13(9-14,10-15)8-12-6-5-11(4-2)16-12/h5-6H,3-4,7-10H2,1-2H3. The minimum atomic E-state index is 0.0910. The van der Waals surface area contributed by atoms with Gasteiger partial charge >= 0.3 is 0 Å². The van der Waals surface area contributed by atoms with Crippen LogP contribution in [0.2, 0.25) is 0 Å². The quantitative estimate of drug-likeness (QED) is 0.608. The van der Waals surface area contributed by atoms with Crippen molar-refractivity contribution < 1.29 is 0 Å². The van der Waals surface area contributed by atoms with Gasteiger partial charge in [-0.2, -0.15) is 0 Å². The van der Waals surface area contributed by atoms with Gasteiger partial charge < -0.3 is 0 Å². The minimum Gasteiger partial charge on any atom is -0.145 e. The molecule has 0 aliphatic carbocycles. The monoisotopic (exact) mass is 278 g/mol. The van der Waals surface area contributed by atoms with Gasteiger partial charge in [0.1, 0.15) is 0 Å². The maximum atomic E-state index is 6.11. The second-order valence-corrected chi connectivity index (χ2v) is 6.20. The summed E-state index contributed by atoms with van der Waals surface area (Å²) in [6.45, 7) is 4.39. The fourth-order valence-electron chi connectivity index (χ4n) is 1.96. The molecule has 1 heterocycles. The second kappa shape index (κ2) is 6.88. The van der Waals surface area contributed by atoms with Crippen LogP contribution in [-0.2, 0) is 12.8 Å². The maximum Gasteiger partial charge on any atom is 0.0294 e. The smallest absolute Gasteiger partial charge is 0.0294 e. The van der Waals surface area contributed by atoms with E-state index in [1.54, 1.807) is 0 Å². The molecule has 0 aliphatic heterocycles. The van der Waals surface area contributed by atoms with Gasteiger partial charge in [-0.05, 0) is 31.4 Å². The Labute approximate surface area is 113 Å². The normalized spacial score (nSPS) is 12.0. The third-order valence-corrected chi connectivity index (χ3v) is 5.33. The van der Waals surface area contributed by atoms with E-state index in [1.165, 1.54) is 9.75 Å². The fraction of sp³-hybridized carbons (Fsp3) is 0.692. The molecular weight excluding hydrogens is 259 g/mol. The Morgan fingerprint density at radius 3 is 2.19 bits per heavy atom. The number of rotatable bonds is 7. The molecule has 0 atom stereocenters. The number of halogens is 2. The molecular formula is C13H20Cl2S. The van der Waals surface area contributed by atoms with E-state index in [4.69, 9.17) is 23.2 Å². The lowest BCUT2D eigenvalue weighted by atomic mass is 9.83. The summed E-state index contributed by atoms with van der Waals surface area (Å²) < 4.78 is 0. The zero-order chi connectivity index (χ0) is 12.0. The zero-order valence-electron chi connectivity index (χ0n) is 10.1. The van der Waals surface area contributed by atoms with Crippen molar-refractivity contribution in [1.29, 1.82) is 0 Å². The number of hydrogen-bond donors (Lipinski definition) is 0. The molecule has 0 N–H and O–H groups in total. The van der Waals surface area contributed by atoms with Gasteiger partial charge in [-0.1, -0.05) is 20.3 Å². The van der Waals surface area contributed by atoms with Crippen molar-refractivity contribution in [3.63, 3.8) is 0 Å². The van der Waals surface area contributed by atoms with Crippen LogP contribution in [0.1, 0.15) is 36.4 Å². The molecule has 0 saturated carbocycles. The highest BCUT2D eigenvalue weighted by Crippen LogP contribution is 2.34. The molecule has 0 radical (unpaired) electrons. The minimum absolute atomic E-state index is 0.0910. The lowest BCUT2D eigenvalue weighted by Gasteiger charge is -2.28. The molecule has 1 rings (SSSR count). The molecule has 1 aromatic rings. The molecule has 0 aromatic carbocycles. The molecule has 16 heavy (non-hydrogen) atoms. The average molecular weight is 279 g/mol. The Morgan fingerprint density at radius 1 is 1.12 bits per heavy atom. The predicted octanol–water partition coefficient (Wildman–Crippen LogP) is 5.12. The van der Waals surface area contributed by atoms with Gasteiger partial charge in [-0.15, -0.1) is 34.5 Å². The van der Waals surface area contributed by atoms with Gasteiger partial charge in [0.05, 0.1) is 0 Å². The lowest BCUT2D eigenvalue weighted by molar-refractivity contribution is 0.343. The fourth-order valence-corrected chi connectivity index (χ4v) is 3.83. The molecule has 0 unspecified atom stereocenters. The number of thiophene rings is 1. The Kier molecular flexibility index (Phi) is 6.17. The van der Waals surface area contributed by atoms with Crippen LogP contribution >= 0.6 is 34.5 Å². The highest BCUT2D eigenvalue weighted by molar-refractivity contribution is 7.12. The summed E-state index contributed by atoms with van der Waals surface area (Å²) in [5, 5.41) is 0. The van der Waals surface area contributed by atoms with Gasteiger partial charge in [-0.25, -0.2) is 0 Å². The topological polar surface area (TPSA) is 0 Å². The first-order valence-electron chi connectivity index (χ1n) is 5.89. The summed E-state index contributed by atoms with van der Waals surface area (Å²) in [6.07, 6.45) is 4.40. The van der Waals surface area contributed by atoms with Crippen LogP contribution < -0.4 is 0 Å². The molecule has 92 valence electrons. The van der Waals surface area contributed by atoms with Crippen molar-refractivity contribution in [3.05, 3.63) is 21.9 Å². The predicted molar refractivity (Wildman–Crippen MR) is 76.2 cm³/mol. The van der Waals surface area contributed by atoms with Gasteiger partial charge in [-0.3, -0.25) is 0 Å². The third kappa shape index (κ3) is 3.65. The molecule has 0 amide bonds. The van der Waals surface area contributed by atoms with Crippen LogP contribution in [0.3, 0.4) is 0 Å². The van der Waals surface area contributed by atoms with Crippen molar-refractivity contribution in [2.45, 2.75) is 39.5 Å². The van der Waals surface area contributed by atoms with Crippen molar-refractivity contribution in [1.82, 2.24) is 0 Å². The highest BCUT2D eigenvalue weighted by Gasteiger charge is 2.28. The number of alkyl halides is 2. The molecule has 0 saturated heterocycles. The van der Waals surface area contributed by atoms with E-state index in [-0.39, 0.29) is 5.41 Å². The highest BCUT2D eigenvalue weighted by atomic mass is 35.5. The molecule has 0 aliphatic rings. The maximum absolute atomic E-state index is 6.11. The summed E-state index contributed by atoms with van der Waals surface area (Å²) in [5.74, 6) is 1.31. The van der Waals surface area contributed by atoms with Gasteiger partial charge in [0.2, 0.25) is 0 Å². The van der Waals surface area contributed by atoms with E-state index < -0.39 is 0 Å². The van der Waals surface area contributed by atoms with E-state index >= 15 is 0 Å². The SMILES string of the molecule is CCCC(CCl)(CCl)Cc1ccc(CC)s1. The second-order valence-electron chi connectivity index (χ2n) is 4.42. The van der Waals surface area contributed by atoms with E-state index in [9.17, 15) is 0 Å². The van der Waals surface area contributed by atoms with Crippen LogP contribution in [0, 0.1) is 5.41 Å². The first-order valence-corrected chi connectivity index (χ1v) is 7.77. The van der Waals surface area contributed by atoms with Crippen molar-refractivity contribution in [2.75, 3.05) is 11.8 Å². The molecule has 0 fully saturated rings. The van der Waals surface area contributed by atoms with E-state index in [2.05, 4.69) is 26.0 Å². The summed E-state index contributed by atoms with van der Waals surface area (Å²) in [7, 11) is 0. The van der Waals surface area contributed by atoms with Crippen molar-refractivity contribution in [3.8, 4) is 0 Å². The largest absolute Gasteiger partial charge is 0.145 e. The van der Waals surface area contributed by atoms with Crippen LogP contribution in [-0.4, -0.2) is 11.8 Å². The summed E-state index contributed by atoms with van der Waals surface area (Å²) >= 11 is 14.1. The van der Waals surface area contributed by atoms with Crippen LogP contribution in [0.25, 0.3) is 0 Å². The average Bonchev–Trinajstić information content (AvgIpc) is 2.76. The van der Waals surface area contributed by atoms with Crippen LogP contribution in [0.15, 0.2) is 12.1 Å². The van der Waals surface area contributed by atoms with Crippen LogP contribution in [0.5, 0.6) is 0 Å². The van der Waals surface area contributed by atoms with Gasteiger partial charge in [0.25, 0.3) is 0 Å². The molecule has 0 spiro atoms. The Hall–Kier alpha value is 0.280.